The van der Waals surface area contributed by atoms with Gasteiger partial charge in [0.05, 0.1) is 10.8 Å². The number of hydrogen-bond acceptors (Lipinski definition) is 5. The SMILES string of the molecule is O=C(COC(=O)Cn1[nH]c(=O)c2ccccc2c1=O)NC1CCCCC1. The fourth-order valence-electron chi connectivity index (χ4n) is 3.19. The maximum Gasteiger partial charge on any atom is 0.328 e. The molecule has 3 rings (SSSR count). The van der Waals surface area contributed by atoms with Crippen LogP contribution in [0.25, 0.3) is 10.8 Å². The van der Waals surface area contributed by atoms with E-state index in [1.54, 1.807) is 12.1 Å². The van der Waals surface area contributed by atoms with Gasteiger partial charge in [-0.25, -0.2) is 4.68 Å². The van der Waals surface area contributed by atoms with Gasteiger partial charge in [-0.3, -0.25) is 24.3 Å². The molecule has 0 unspecified atom stereocenters. The lowest BCUT2D eigenvalue weighted by molar-refractivity contribution is -0.149. The number of aromatic nitrogens is 2. The summed E-state index contributed by atoms with van der Waals surface area (Å²) in [5, 5.41) is 5.67. The van der Waals surface area contributed by atoms with Gasteiger partial charge in [-0.15, -0.1) is 0 Å². The van der Waals surface area contributed by atoms with Crippen LogP contribution >= 0.6 is 0 Å². The van der Waals surface area contributed by atoms with Gasteiger partial charge in [-0.1, -0.05) is 31.4 Å². The van der Waals surface area contributed by atoms with Gasteiger partial charge in [-0.05, 0) is 25.0 Å². The van der Waals surface area contributed by atoms with Gasteiger partial charge in [0, 0.05) is 6.04 Å². The topological polar surface area (TPSA) is 110 Å². The number of carbonyl (C=O) groups is 2. The smallest absolute Gasteiger partial charge is 0.328 e. The highest BCUT2D eigenvalue weighted by molar-refractivity contribution is 5.82. The van der Waals surface area contributed by atoms with E-state index < -0.39 is 30.2 Å². The van der Waals surface area contributed by atoms with E-state index in [0.717, 1.165) is 30.4 Å². The van der Waals surface area contributed by atoms with E-state index >= 15 is 0 Å². The maximum atomic E-state index is 12.3. The highest BCUT2D eigenvalue weighted by Crippen LogP contribution is 2.17. The molecular weight excluding hydrogens is 338 g/mol. The van der Waals surface area contributed by atoms with E-state index in [-0.39, 0.29) is 22.7 Å². The summed E-state index contributed by atoms with van der Waals surface area (Å²) < 4.78 is 5.82. The molecule has 138 valence electrons. The largest absolute Gasteiger partial charge is 0.454 e. The number of benzene rings is 1. The Bertz CT molecular complexity index is 924. The van der Waals surface area contributed by atoms with Crippen LogP contribution in [0, 0.1) is 0 Å². The first-order chi connectivity index (χ1) is 12.5. The first-order valence-corrected chi connectivity index (χ1v) is 8.71. The Morgan fingerprint density at radius 3 is 2.54 bits per heavy atom. The summed E-state index contributed by atoms with van der Waals surface area (Å²) in [6, 6.07) is 6.48. The molecule has 0 saturated heterocycles. The van der Waals surface area contributed by atoms with E-state index in [9.17, 15) is 19.2 Å². The molecule has 1 aromatic carbocycles. The molecule has 1 heterocycles. The summed E-state index contributed by atoms with van der Waals surface area (Å²) in [6.07, 6.45) is 5.23. The number of fused-ring (bicyclic) bond motifs is 1. The van der Waals surface area contributed by atoms with Crippen molar-refractivity contribution in [2.45, 2.75) is 44.7 Å². The van der Waals surface area contributed by atoms with E-state index in [2.05, 4.69) is 10.4 Å². The van der Waals surface area contributed by atoms with Crippen LogP contribution in [0.4, 0.5) is 0 Å². The Morgan fingerprint density at radius 2 is 1.81 bits per heavy atom. The third kappa shape index (κ3) is 4.19. The predicted octanol–water partition coefficient (Wildman–Crippen LogP) is 0.682. The van der Waals surface area contributed by atoms with Crippen LogP contribution in [0.1, 0.15) is 32.1 Å². The van der Waals surface area contributed by atoms with E-state index in [0.29, 0.717) is 0 Å². The van der Waals surface area contributed by atoms with E-state index in [4.69, 9.17) is 4.74 Å². The molecule has 26 heavy (non-hydrogen) atoms. The van der Waals surface area contributed by atoms with Gasteiger partial charge >= 0.3 is 5.97 Å². The lowest BCUT2D eigenvalue weighted by atomic mass is 9.95. The van der Waals surface area contributed by atoms with E-state index in [1.807, 2.05) is 0 Å². The second-order valence-corrected chi connectivity index (χ2v) is 6.44. The van der Waals surface area contributed by atoms with Crippen LogP contribution < -0.4 is 16.4 Å². The average Bonchev–Trinajstić information content (AvgIpc) is 2.65. The summed E-state index contributed by atoms with van der Waals surface area (Å²) in [4.78, 5) is 48.1. The van der Waals surface area contributed by atoms with Crippen LogP contribution in [0.3, 0.4) is 0 Å². The monoisotopic (exact) mass is 359 g/mol. The normalized spacial score (nSPS) is 14.9. The molecular formula is C18H21N3O5. The molecule has 1 aliphatic rings. The molecule has 0 atom stereocenters. The van der Waals surface area contributed by atoms with Crippen molar-refractivity contribution >= 4 is 22.6 Å². The highest BCUT2D eigenvalue weighted by Gasteiger charge is 2.17. The molecule has 2 aromatic rings. The number of nitrogens with zero attached hydrogens (tertiary/aromatic N) is 1. The molecule has 1 fully saturated rings. The van der Waals surface area contributed by atoms with Crippen molar-refractivity contribution in [3.05, 3.63) is 45.0 Å². The number of H-pyrrole nitrogens is 1. The Labute approximate surface area is 149 Å². The number of carbonyl (C=O) groups excluding carboxylic acids is 2. The Kier molecular flexibility index (Phi) is 5.50. The summed E-state index contributed by atoms with van der Waals surface area (Å²) in [5.41, 5.74) is -0.966. The number of esters is 1. The molecule has 1 saturated carbocycles. The van der Waals surface area contributed by atoms with Crippen molar-refractivity contribution in [1.82, 2.24) is 15.1 Å². The summed E-state index contributed by atoms with van der Waals surface area (Å²) in [5.74, 6) is -1.12. The number of nitrogens with one attached hydrogen (secondary N) is 2. The quantitative estimate of drug-likeness (QED) is 0.763. The van der Waals surface area contributed by atoms with Crippen molar-refractivity contribution in [3.8, 4) is 0 Å². The predicted molar refractivity (Wildman–Crippen MR) is 94.8 cm³/mol. The molecule has 1 aromatic heterocycles. The van der Waals surface area contributed by atoms with Crippen LogP contribution in [-0.2, 0) is 20.9 Å². The molecule has 1 aliphatic carbocycles. The summed E-state index contributed by atoms with van der Waals surface area (Å²) >= 11 is 0. The fourth-order valence-corrected chi connectivity index (χ4v) is 3.19. The molecule has 1 amide bonds. The van der Waals surface area contributed by atoms with Gasteiger partial charge in [0.15, 0.2) is 6.61 Å². The zero-order chi connectivity index (χ0) is 18.5. The second kappa shape index (κ2) is 7.99. The fraction of sp³-hybridized carbons (Fsp3) is 0.444. The number of hydrogen-bond donors (Lipinski definition) is 2. The Morgan fingerprint density at radius 1 is 1.12 bits per heavy atom. The zero-order valence-electron chi connectivity index (χ0n) is 14.3. The minimum absolute atomic E-state index is 0.134. The molecule has 0 aliphatic heterocycles. The molecule has 8 heteroatoms. The molecule has 2 N–H and O–H groups in total. The summed E-state index contributed by atoms with van der Waals surface area (Å²) in [6.45, 7) is -0.864. The highest BCUT2D eigenvalue weighted by atomic mass is 16.5. The van der Waals surface area contributed by atoms with Crippen molar-refractivity contribution in [2.75, 3.05) is 6.61 Å². The summed E-state index contributed by atoms with van der Waals surface area (Å²) in [7, 11) is 0. The van der Waals surface area contributed by atoms with Gasteiger partial charge in [0.1, 0.15) is 6.54 Å². The molecule has 0 spiro atoms. The van der Waals surface area contributed by atoms with Crippen LogP contribution in [0.5, 0.6) is 0 Å². The van der Waals surface area contributed by atoms with Gasteiger partial charge in [0.25, 0.3) is 17.0 Å². The lowest BCUT2D eigenvalue weighted by Gasteiger charge is -2.22. The number of ether oxygens (including phenoxy) is 1. The second-order valence-electron chi connectivity index (χ2n) is 6.44. The van der Waals surface area contributed by atoms with Crippen LogP contribution in [0.2, 0.25) is 0 Å². The third-order valence-corrected chi connectivity index (χ3v) is 4.51. The van der Waals surface area contributed by atoms with Crippen LogP contribution in [0.15, 0.2) is 33.9 Å². The standard InChI is InChI=1S/C18H21N3O5/c22-15(19-12-6-2-1-3-7-12)11-26-16(23)10-21-18(25)14-9-5-4-8-13(14)17(24)20-21/h4-5,8-9,12H,1-3,6-7,10-11H2,(H,19,22)(H,20,24). The minimum atomic E-state index is -0.767. The molecule has 0 radical (unpaired) electrons. The van der Waals surface area contributed by atoms with Crippen molar-refractivity contribution < 1.29 is 14.3 Å². The Balaban J connectivity index is 1.59. The zero-order valence-corrected chi connectivity index (χ0v) is 14.3. The molecule has 8 nitrogen and oxygen atoms in total. The number of aromatic amines is 1. The third-order valence-electron chi connectivity index (χ3n) is 4.51. The van der Waals surface area contributed by atoms with Crippen molar-refractivity contribution in [1.29, 1.82) is 0 Å². The van der Waals surface area contributed by atoms with Gasteiger partial charge in [-0.2, -0.15) is 0 Å². The van der Waals surface area contributed by atoms with Gasteiger partial charge in [0.2, 0.25) is 0 Å². The first kappa shape index (κ1) is 17.9. The first-order valence-electron chi connectivity index (χ1n) is 8.71. The van der Waals surface area contributed by atoms with Crippen LogP contribution in [-0.4, -0.2) is 34.3 Å². The maximum absolute atomic E-state index is 12.3. The Hall–Kier alpha value is -2.90. The van der Waals surface area contributed by atoms with Crippen molar-refractivity contribution in [2.24, 2.45) is 0 Å². The minimum Gasteiger partial charge on any atom is -0.454 e. The number of amides is 1. The van der Waals surface area contributed by atoms with Crippen molar-refractivity contribution in [3.63, 3.8) is 0 Å². The van der Waals surface area contributed by atoms with E-state index in [1.165, 1.54) is 18.6 Å². The number of rotatable bonds is 5. The lowest BCUT2D eigenvalue weighted by Crippen LogP contribution is -2.39. The van der Waals surface area contributed by atoms with Gasteiger partial charge < -0.3 is 10.1 Å². The molecule has 0 bridgehead atoms. The average molecular weight is 359 g/mol.